The summed E-state index contributed by atoms with van der Waals surface area (Å²) in [6.07, 6.45) is 1.20. The number of methoxy groups -OCH3 is 1. The molecule has 0 radical (unpaired) electrons. The van der Waals surface area contributed by atoms with Gasteiger partial charge in [0.25, 0.3) is 0 Å². The van der Waals surface area contributed by atoms with Crippen LogP contribution in [0.5, 0.6) is 0 Å². The molecule has 0 saturated heterocycles. The fraction of sp³-hybridized carbons (Fsp3) is 0.368. The first-order valence-electron chi connectivity index (χ1n) is 8.52. The minimum atomic E-state index is -0.365. The second-order valence-corrected chi connectivity index (χ2v) is 7.30. The first-order chi connectivity index (χ1) is 12.1. The summed E-state index contributed by atoms with van der Waals surface area (Å²) in [6, 6.07) is 10.4. The van der Waals surface area contributed by atoms with Crippen LogP contribution in [0, 0.1) is 0 Å². The Morgan fingerprint density at radius 2 is 2.04 bits per heavy atom. The number of carbonyl (C=O) groups is 2. The van der Waals surface area contributed by atoms with E-state index >= 15 is 0 Å². The van der Waals surface area contributed by atoms with Gasteiger partial charge >= 0.3 is 5.97 Å². The van der Waals surface area contributed by atoms with Crippen LogP contribution in [-0.4, -0.2) is 25.5 Å². The molecular formula is C19H23N2O3S+. The first-order valence-corrected chi connectivity index (χ1v) is 9.34. The van der Waals surface area contributed by atoms with Gasteiger partial charge in [-0.25, -0.2) is 4.79 Å². The second-order valence-electron chi connectivity index (χ2n) is 6.19. The zero-order valence-corrected chi connectivity index (χ0v) is 15.4. The Kier molecular flexibility index (Phi) is 5.50. The van der Waals surface area contributed by atoms with Gasteiger partial charge in [0.2, 0.25) is 5.91 Å². The summed E-state index contributed by atoms with van der Waals surface area (Å²) in [6.45, 7) is 4.58. The number of fused-ring (bicyclic) bond motifs is 1. The van der Waals surface area contributed by atoms with Crippen LogP contribution in [0.1, 0.15) is 39.7 Å². The molecule has 132 valence electrons. The van der Waals surface area contributed by atoms with Gasteiger partial charge in [0.05, 0.1) is 24.1 Å². The number of quaternary nitrogens is 1. The predicted octanol–water partition coefficient (Wildman–Crippen LogP) is 2.02. The average Bonchev–Trinajstić information content (AvgIpc) is 2.98. The van der Waals surface area contributed by atoms with Crippen molar-refractivity contribution in [3.8, 4) is 0 Å². The van der Waals surface area contributed by atoms with Crippen molar-refractivity contribution in [2.75, 3.05) is 19.0 Å². The Balaban J connectivity index is 1.84. The summed E-state index contributed by atoms with van der Waals surface area (Å²) in [4.78, 5) is 26.7. The number of benzene rings is 1. The minimum Gasteiger partial charge on any atom is -0.465 e. The van der Waals surface area contributed by atoms with Crippen LogP contribution in [0.4, 0.5) is 5.00 Å². The lowest BCUT2D eigenvalue weighted by molar-refractivity contribution is -0.929. The summed E-state index contributed by atoms with van der Waals surface area (Å²) in [5.41, 5.74) is 2.90. The fourth-order valence-electron chi connectivity index (χ4n) is 3.19. The van der Waals surface area contributed by atoms with Crippen molar-refractivity contribution in [2.24, 2.45) is 0 Å². The molecule has 1 aliphatic rings. The van der Waals surface area contributed by atoms with Crippen LogP contribution >= 0.6 is 11.3 Å². The van der Waals surface area contributed by atoms with Crippen molar-refractivity contribution in [3.05, 3.63) is 51.9 Å². The van der Waals surface area contributed by atoms with Gasteiger partial charge in [0.15, 0.2) is 0 Å². The van der Waals surface area contributed by atoms with E-state index in [9.17, 15) is 9.59 Å². The fourth-order valence-corrected chi connectivity index (χ4v) is 4.52. The summed E-state index contributed by atoms with van der Waals surface area (Å²) >= 11 is 1.51. The molecule has 1 aromatic carbocycles. The first kappa shape index (κ1) is 17.6. The number of esters is 1. The molecule has 0 bridgehead atoms. The molecule has 0 saturated carbocycles. The smallest absolute Gasteiger partial charge is 0.341 e. The number of amides is 1. The molecule has 1 aromatic heterocycles. The molecule has 0 fully saturated rings. The zero-order valence-electron chi connectivity index (χ0n) is 14.6. The number of anilines is 1. The molecule has 1 aliphatic heterocycles. The maximum absolute atomic E-state index is 12.2. The highest BCUT2D eigenvalue weighted by atomic mass is 32.1. The lowest BCUT2D eigenvalue weighted by Crippen LogP contribution is -3.10. The van der Waals surface area contributed by atoms with Crippen molar-refractivity contribution in [3.63, 3.8) is 0 Å². The van der Waals surface area contributed by atoms with E-state index in [1.807, 2.05) is 6.07 Å². The number of ether oxygens (including phenoxy) is 1. The van der Waals surface area contributed by atoms with E-state index in [-0.39, 0.29) is 11.9 Å². The van der Waals surface area contributed by atoms with E-state index in [0.717, 1.165) is 31.6 Å². The lowest BCUT2D eigenvalue weighted by Gasteiger charge is -2.24. The molecule has 0 spiro atoms. The number of rotatable bonds is 5. The Hall–Kier alpha value is -2.18. The third-order valence-electron chi connectivity index (χ3n) is 4.49. The van der Waals surface area contributed by atoms with Crippen LogP contribution in [0.25, 0.3) is 0 Å². The van der Waals surface area contributed by atoms with Crippen molar-refractivity contribution in [2.45, 2.75) is 32.9 Å². The van der Waals surface area contributed by atoms with Gasteiger partial charge in [0.1, 0.15) is 18.1 Å². The Labute approximate surface area is 151 Å². The number of carbonyl (C=O) groups excluding carboxylic acids is 2. The third-order valence-corrected chi connectivity index (χ3v) is 5.64. The van der Waals surface area contributed by atoms with Crippen molar-refractivity contribution in [1.29, 1.82) is 0 Å². The number of nitrogens with one attached hydrogen (secondary N) is 2. The Morgan fingerprint density at radius 1 is 1.28 bits per heavy atom. The number of hydrogen-bond acceptors (Lipinski definition) is 4. The Morgan fingerprint density at radius 3 is 2.72 bits per heavy atom. The highest BCUT2D eigenvalue weighted by molar-refractivity contribution is 7.17. The standard InChI is InChI=1S/C19H22N2O3S/c1-3-16(22)20-18-17(19(23)24-2)14-9-10-21(12-15(14)25-18)11-13-7-5-4-6-8-13/h4-8H,3,9-12H2,1-2H3,(H,20,22)/p+1. The van der Waals surface area contributed by atoms with Crippen molar-refractivity contribution >= 4 is 28.2 Å². The number of hydrogen-bond donors (Lipinski definition) is 2. The lowest BCUT2D eigenvalue weighted by atomic mass is 10.0. The van der Waals surface area contributed by atoms with Gasteiger partial charge < -0.3 is 15.0 Å². The summed E-state index contributed by atoms with van der Waals surface area (Å²) in [5, 5.41) is 3.50. The van der Waals surface area contributed by atoms with E-state index in [2.05, 4.69) is 29.6 Å². The molecular weight excluding hydrogens is 336 g/mol. The van der Waals surface area contributed by atoms with E-state index in [4.69, 9.17) is 4.74 Å². The second kappa shape index (κ2) is 7.80. The molecule has 2 aromatic rings. The molecule has 0 aliphatic carbocycles. The minimum absolute atomic E-state index is 0.0859. The molecule has 1 unspecified atom stereocenters. The van der Waals surface area contributed by atoms with E-state index < -0.39 is 0 Å². The normalized spacial score (nSPS) is 16.2. The van der Waals surface area contributed by atoms with Crippen LogP contribution in [0.2, 0.25) is 0 Å². The highest BCUT2D eigenvalue weighted by Gasteiger charge is 2.30. The van der Waals surface area contributed by atoms with Gasteiger partial charge in [0, 0.05) is 18.4 Å². The van der Waals surface area contributed by atoms with E-state index in [0.29, 0.717) is 17.0 Å². The average molecular weight is 359 g/mol. The third kappa shape index (κ3) is 3.91. The van der Waals surface area contributed by atoms with Crippen molar-refractivity contribution < 1.29 is 19.2 Å². The SMILES string of the molecule is CCC(=O)Nc1sc2c(c1C(=O)OC)CC[NH+](Cc1ccccc1)C2. The molecule has 5 nitrogen and oxygen atoms in total. The van der Waals surface area contributed by atoms with Crippen LogP contribution in [-0.2, 0) is 29.0 Å². The van der Waals surface area contributed by atoms with Gasteiger partial charge in [-0.3, -0.25) is 4.79 Å². The largest absolute Gasteiger partial charge is 0.465 e. The topological polar surface area (TPSA) is 59.8 Å². The number of thiophene rings is 1. The van der Waals surface area contributed by atoms with Crippen LogP contribution < -0.4 is 10.2 Å². The molecule has 1 atom stereocenters. The molecule has 3 rings (SSSR count). The van der Waals surface area contributed by atoms with Gasteiger partial charge in [-0.05, 0) is 5.56 Å². The maximum Gasteiger partial charge on any atom is 0.341 e. The molecule has 1 amide bonds. The van der Waals surface area contributed by atoms with Gasteiger partial charge in [-0.15, -0.1) is 11.3 Å². The highest BCUT2D eigenvalue weighted by Crippen LogP contribution is 2.35. The van der Waals surface area contributed by atoms with Crippen molar-refractivity contribution in [1.82, 2.24) is 0 Å². The van der Waals surface area contributed by atoms with Gasteiger partial charge in [-0.2, -0.15) is 0 Å². The van der Waals surface area contributed by atoms with Gasteiger partial charge in [-0.1, -0.05) is 37.3 Å². The quantitative estimate of drug-likeness (QED) is 0.803. The zero-order chi connectivity index (χ0) is 17.8. The molecule has 2 heterocycles. The maximum atomic E-state index is 12.2. The molecule has 6 heteroatoms. The summed E-state index contributed by atoms with van der Waals surface area (Å²) < 4.78 is 4.95. The summed E-state index contributed by atoms with van der Waals surface area (Å²) in [7, 11) is 1.38. The Bertz CT molecular complexity index is 770. The van der Waals surface area contributed by atoms with Crippen LogP contribution in [0.15, 0.2) is 30.3 Å². The van der Waals surface area contributed by atoms with E-state index in [1.165, 1.54) is 33.8 Å². The summed E-state index contributed by atoms with van der Waals surface area (Å²) in [5.74, 6) is -0.451. The van der Waals surface area contributed by atoms with E-state index in [1.54, 1.807) is 6.92 Å². The van der Waals surface area contributed by atoms with Crippen LogP contribution in [0.3, 0.4) is 0 Å². The predicted molar refractivity (Wildman–Crippen MR) is 98.0 cm³/mol. The molecule has 2 N–H and O–H groups in total. The molecule has 25 heavy (non-hydrogen) atoms. The monoisotopic (exact) mass is 359 g/mol.